The number of amides is 1. The maximum atomic E-state index is 12.5. The molecule has 0 spiro atoms. The summed E-state index contributed by atoms with van der Waals surface area (Å²) < 4.78 is 41.4. The summed E-state index contributed by atoms with van der Waals surface area (Å²) in [4.78, 5) is 12.5. The van der Waals surface area contributed by atoms with Gasteiger partial charge in [-0.25, -0.2) is 5.43 Å². The number of hydrogen-bond donors (Lipinski definition) is 1. The van der Waals surface area contributed by atoms with Gasteiger partial charge in [0.15, 0.2) is 17.2 Å². The first kappa shape index (κ1) is 23.8. The Morgan fingerprint density at radius 2 is 1.55 bits per heavy atom. The molecule has 0 unspecified atom stereocenters. The lowest BCUT2D eigenvalue weighted by molar-refractivity contribution is 0.0954. The Kier molecular flexibility index (Phi) is 8.04. The molecule has 0 aromatic heterocycles. The number of hydrogen-bond acceptors (Lipinski definition) is 7. The van der Waals surface area contributed by atoms with E-state index in [2.05, 4.69) is 10.5 Å². The van der Waals surface area contributed by atoms with Crippen LogP contribution in [0.3, 0.4) is 0 Å². The van der Waals surface area contributed by atoms with Gasteiger partial charge in [-0.1, -0.05) is 30.3 Å². The van der Waals surface area contributed by atoms with Crippen molar-refractivity contribution in [2.45, 2.75) is 18.7 Å². The molecule has 0 saturated heterocycles. The molecule has 0 aliphatic carbocycles. The Bertz CT molecular complexity index is 1230. The van der Waals surface area contributed by atoms with Gasteiger partial charge in [-0.3, -0.25) is 4.79 Å². The van der Waals surface area contributed by atoms with E-state index in [4.69, 9.17) is 13.7 Å². The maximum Gasteiger partial charge on any atom is 0.339 e. The van der Waals surface area contributed by atoms with Gasteiger partial charge in [-0.2, -0.15) is 13.5 Å². The molecule has 3 aromatic carbocycles. The Balaban J connectivity index is 1.73. The molecule has 1 N–H and O–H groups in total. The van der Waals surface area contributed by atoms with Gasteiger partial charge in [0.1, 0.15) is 4.90 Å². The normalized spacial score (nSPS) is 11.2. The summed E-state index contributed by atoms with van der Waals surface area (Å²) in [5.74, 6) is 0.621. The van der Waals surface area contributed by atoms with E-state index in [1.54, 1.807) is 54.6 Å². The van der Waals surface area contributed by atoms with Gasteiger partial charge < -0.3 is 13.7 Å². The first-order valence-corrected chi connectivity index (χ1v) is 11.7. The molecule has 0 radical (unpaired) electrons. The first-order valence-electron chi connectivity index (χ1n) is 10.3. The van der Waals surface area contributed by atoms with Crippen molar-refractivity contribution in [3.8, 4) is 17.2 Å². The predicted octanol–water partition coefficient (Wildman–Crippen LogP) is 4.02. The van der Waals surface area contributed by atoms with E-state index in [1.807, 2.05) is 13.8 Å². The van der Waals surface area contributed by atoms with Gasteiger partial charge in [-0.15, -0.1) is 0 Å². The fourth-order valence-corrected chi connectivity index (χ4v) is 3.81. The fourth-order valence-electron chi connectivity index (χ4n) is 2.83. The van der Waals surface area contributed by atoms with Crippen molar-refractivity contribution in [3.63, 3.8) is 0 Å². The summed E-state index contributed by atoms with van der Waals surface area (Å²) in [6.45, 7) is 4.59. The van der Waals surface area contributed by atoms with Gasteiger partial charge >= 0.3 is 10.1 Å². The molecule has 0 saturated carbocycles. The van der Waals surface area contributed by atoms with E-state index in [1.165, 1.54) is 24.4 Å². The molecule has 0 atom stereocenters. The van der Waals surface area contributed by atoms with Gasteiger partial charge in [0.2, 0.25) is 0 Å². The lowest BCUT2D eigenvalue weighted by Crippen LogP contribution is -2.18. The number of nitrogens with one attached hydrogen (secondary N) is 1. The summed E-state index contributed by atoms with van der Waals surface area (Å²) in [5, 5.41) is 3.94. The SMILES string of the molecule is CCOc1ccc(C(=O)N/N=C/c2ccccc2OS(=O)(=O)c2ccccc2)cc1OCC. The van der Waals surface area contributed by atoms with Crippen LogP contribution in [0.2, 0.25) is 0 Å². The van der Waals surface area contributed by atoms with Gasteiger partial charge in [0.25, 0.3) is 5.91 Å². The van der Waals surface area contributed by atoms with Crippen LogP contribution >= 0.6 is 0 Å². The lowest BCUT2D eigenvalue weighted by atomic mass is 10.2. The molecule has 172 valence electrons. The van der Waals surface area contributed by atoms with Gasteiger partial charge in [0.05, 0.1) is 19.4 Å². The quantitative estimate of drug-likeness (QED) is 0.274. The molecule has 0 aliphatic heterocycles. The second kappa shape index (κ2) is 11.1. The standard InChI is InChI=1S/C24H24N2O6S/c1-3-30-22-15-14-18(16-23(22)31-4-2)24(27)26-25-17-19-10-8-9-13-21(19)32-33(28,29)20-11-6-5-7-12-20/h5-17H,3-4H2,1-2H3,(H,26,27)/b25-17+. The van der Waals surface area contributed by atoms with Crippen molar-refractivity contribution in [3.05, 3.63) is 83.9 Å². The Morgan fingerprint density at radius 1 is 0.879 bits per heavy atom. The third-order valence-corrected chi connectivity index (χ3v) is 5.57. The highest BCUT2D eigenvalue weighted by atomic mass is 32.2. The van der Waals surface area contributed by atoms with Crippen LogP contribution < -0.4 is 19.1 Å². The van der Waals surface area contributed by atoms with Crippen LogP contribution in [0.5, 0.6) is 17.2 Å². The molecular formula is C24H24N2O6S. The minimum Gasteiger partial charge on any atom is -0.490 e. The van der Waals surface area contributed by atoms with Crippen molar-refractivity contribution >= 4 is 22.2 Å². The second-order valence-electron chi connectivity index (χ2n) is 6.62. The molecule has 0 heterocycles. The van der Waals surface area contributed by atoms with Crippen LogP contribution in [0, 0.1) is 0 Å². The Hall–Kier alpha value is -3.85. The summed E-state index contributed by atoms with van der Waals surface area (Å²) >= 11 is 0. The summed E-state index contributed by atoms with van der Waals surface area (Å²) in [5.41, 5.74) is 3.12. The molecular weight excluding hydrogens is 444 g/mol. The molecule has 8 nitrogen and oxygen atoms in total. The van der Waals surface area contributed by atoms with Gasteiger partial charge in [-0.05, 0) is 56.3 Å². The monoisotopic (exact) mass is 468 g/mol. The molecule has 0 fully saturated rings. The van der Waals surface area contributed by atoms with E-state index in [9.17, 15) is 13.2 Å². The topological polar surface area (TPSA) is 103 Å². The zero-order valence-electron chi connectivity index (χ0n) is 18.2. The molecule has 1 amide bonds. The summed E-state index contributed by atoms with van der Waals surface area (Å²) in [6, 6.07) is 19.1. The molecule has 33 heavy (non-hydrogen) atoms. The third kappa shape index (κ3) is 6.33. The van der Waals surface area contributed by atoms with E-state index in [0.29, 0.717) is 35.8 Å². The molecule has 3 aromatic rings. The van der Waals surface area contributed by atoms with E-state index >= 15 is 0 Å². The number of carbonyl (C=O) groups excluding carboxylic acids is 1. The molecule has 0 bridgehead atoms. The maximum absolute atomic E-state index is 12.5. The van der Waals surface area contributed by atoms with Crippen LogP contribution in [-0.2, 0) is 10.1 Å². The average molecular weight is 469 g/mol. The third-order valence-electron chi connectivity index (χ3n) is 4.33. The highest BCUT2D eigenvalue weighted by Crippen LogP contribution is 2.28. The van der Waals surface area contributed by atoms with Crippen molar-refractivity contribution in [1.29, 1.82) is 0 Å². The minimum absolute atomic E-state index is 0.0330. The number of hydrazone groups is 1. The minimum atomic E-state index is -4.01. The largest absolute Gasteiger partial charge is 0.490 e. The van der Waals surface area contributed by atoms with Crippen LogP contribution in [0.1, 0.15) is 29.8 Å². The number of benzene rings is 3. The van der Waals surface area contributed by atoms with Crippen molar-refractivity contribution < 1.29 is 26.9 Å². The summed E-state index contributed by atoms with van der Waals surface area (Å²) in [6.07, 6.45) is 1.31. The number of rotatable bonds is 10. The zero-order chi connectivity index (χ0) is 23.7. The van der Waals surface area contributed by atoms with Crippen LogP contribution in [0.4, 0.5) is 0 Å². The van der Waals surface area contributed by atoms with Crippen molar-refractivity contribution in [2.75, 3.05) is 13.2 Å². The molecule has 3 rings (SSSR count). The number of ether oxygens (including phenoxy) is 2. The highest BCUT2D eigenvalue weighted by molar-refractivity contribution is 7.87. The predicted molar refractivity (Wildman–Crippen MR) is 125 cm³/mol. The lowest BCUT2D eigenvalue weighted by Gasteiger charge is -2.12. The zero-order valence-corrected chi connectivity index (χ0v) is 19.0. The van der Waals surface area contributed by atoms with E-state index < -0.39 is 16.0 Å². The highest BCUT2D eigenvalue weighted by Gasteiger charge is 2.17. The second-order valence-corrected chi connectivity index (χ2v) is 8.16. The number of carbonyl (C=O) groups is 1. The first-order chi connectivity index (χ1) is 15.9. The van der Waals surface area contributed by atoms with Crippen molar-refractivity contribution in [1.82, 2.24) is 5.43 Å². The Morgan fingerprint density at radius 3 is 2.27 bits per heavy atom. The smallest absolute Gasteiger partial charge is 0.339 e. The van der Waals surface area contributed by atoms with E-state index in [-0.39, 0.29) is 10.6 Å². The van der Waals surface area contributed by atoms with Gasteiger partial charge in [0, 0.05) is 11.1 Å². The van der Waals surface area contributed by atoms with E-state index in [0.717, 1.165) is 0 Å². The Labute approximate surface area is 192 Å². The fraction of sp³-hybridized carbons (Fsp3) is 0.167. The molecule has 0 aliphatic rings. The van der Waals surface area contributed by atoms with Crippen LogP contribution in [0.25, 0.3) is 0 Å². The van der Waals surface area contributed by atoms with Crippen molar-refractivity contribution in [2.24, 2.45) is 5.10 Å². The number of nitrogens with zero attached hydrogens (tertiary/aromatic N) is 1. The van der Waals surface area contributed by atoms with Crippen LogP contribution in [0.15, 0.2) is 82.8 Å². The number of para-hydroxylation sites is 1. The average Bonchev–Trinajstić information content (AvgIpc) is 2.82. The van der Waals surface area contributed by atoms with Crippen LogP contribution in [-0.4, -0.2) is 33.8 Å². The molecule has 9 heteroatoms. The summed E-state index contributed by atoms with van der Waals surface area (Å²) in [7, 11) is -4.01.